The minimum absolute atomic E-state index is 0.112. The van der Waals surface area contributed by atoms with Crippen molar-refractivity contribution in [2.24, 2.45) is 0 Å². The fraction of sp³-hybridized carbons (Fsp3) is 0.529. The summed E-state index contributed by atoms with van der Waals surface area (Å²) in [5.74, 6) is -1.26. The third kappa shape index (κ3) is 3.16. The molecule has 2 heterocycles. The number of piperidine rings is 1. The summed E-state index contributed by atoms with van der Waals surface area (Å²) in [5.41, 5.74) is -3.76. The second-order valence-corrected chi connectivity index (χ2v) is 9.15. The molecule has 0 spiro atoms. The summed E-state index contributed by atoms with van der Waals surface area (Å²) in [5, 5.41) is 14.5. The number of aromatic carboxylic acids is 1. The Balaban J connectivity index is 1.67. The van der Waals surface area contributed by atoms with E-state index in [4.69, 9.17) is 0 Å². The number of carboxylic acids is 1. The van der Waals surface area contributed by atoms with Crippen LogP contribution in [0, 0.1) is 0 Å². The maximum atomic E-state index is 12.8. The lowest BCUT2D eigenvalue weighted by atomic mass is 9.91. The monoisotopic (exact) mass is 417 g/mol. The molecule has 0 unspecified atom stereocenters. The Kier molecular flexibility index (Phi) is 4.42. The Morgan fingerprint density at radius 3 is 2.32 bits per heavy atom. The van der Waals surface area contributed by atoms with Crippen molar-refractivity contribution in [2.75, 3.05) is 13.1 Å². The number of benzene rings is 1. The first-order valence-electron chi connectivity index (χ1n) is 8.91. The molecule has 0 bridgehead atoms. The lowest BCUT2D eigenvalue weighted by molar-refractivity contribution is -0.0494. The van der Waals surface area contributed by atoms with E-state index in [0.29, 0.717) is 15.2 Å². The normalized spacial score (nSPS) is 20.0. The van der Waals surface area contributed by atoms with Gasteiger partial charge in [0.15, 0.2) is 0 Å². The lowest BCUT2D eigenvalue weighted by Gasteiger charge is -2.32. The molecule has 1 aromatic heterocycles. The summed E-state index contributed by atoms with van der Waals surface area (Å²) in [6.45, 7) is -0.467. The molecule has 7 nitrogen and oxygen atoms in total. The lowest BCUT2D eigenvalue weighted by Crippen LogP contribution is -2.44. The van der Waals surface area contributed by atoms with Crippen LogP contribution in [-0.4, -0.2) is 52.2 Å². The largest absolute Gasteiger partial charge is 0.511 e. The topological polar surface area (TPSA) is 92.5 Å². The van der Waals surface area contributed by atoms with Gasteiger partial charge in [-0.2, -0.15) is 22.6 Å². The molecule has 2 aliphatic rings. The number of hydrogen-bond acceptors (Lipinski definition) is 4. The summed E-state index contributed by atoms with van der Waals surface area (Å²) in [6, 6.07) is 4.84. The van der Waals surface area contributed by atoms with Crippen molar-refractivity contribution < 1.29 is 31.5 Å². The van der Waals surface area contributed by atoms with Crippen LogP contribution in [0.2, 0.25) is 0 Å². The van der Waals surface area contributed by atoms with Crippen LogP contribution in [-0.2, 0) is 10.0 Å². The average Bonchev–Trinajstić information content (AvgIpc) is 3.40. The van der Waals surface area contributed by atoms with Crippen molar-refractivity contribution in [2.45, 2.75) is 43.2 Å². The first kappa shape index (κ1) is 19.2. The molecule has 1 N–H and O–H groups in total. The van der Waals surface area contributed by atoms with E-state index in [9.17, 15) is 31.5 Å². The number of nitrogens with zero attached hydrogens (tertiary/aromatic N) is 3. The third-order valence-electron chi connectivity index (χ3n) is 5.35. The van der Waals surface area contributed by atoms with E-state index in [2.05, 4.69) is 5.10 Å². The Morgan fingerprint density at radius 2 is 1.79 bits per heavy atom. The van der Waals surface area contributed by atoms with Crippen LogP contribution in [0.5, 0.6) is 0 Å². The fourth-order valence-corrected chi connectivity index (χ4v) is 4.76. The molecule has 4 rings (SSSR count). The summed E-state index contributed by atoms with van der Waals surface area (Å²) < 4.78 is 64.0. The molecule has 0 amide bonds. The highest BCUT2D eigenvalue weighted by Crippen LogP contribution is 2.42. The molecule has 0 atom stereocenters. The minimum atomic E-state index is -5.33. The van der Waals surface area contributed by atoms with E-state index in [1.165, 1.54) is 12.1 Å². The summed E-state index contributed by atoms with van der Waals surface area (Å²) in [6.07, 6.45) is 2.32. The zero-order chi connectivity index (χ0) is 20.3. The van der Waals surface area contributed by atoms with E-state index in [-0.39, 0.29) is 43.5 Å². The zero-order valence-electron chi connectivity index (χ0n) is 14.7. The van der Waals surface area contributed by atoms with Gasteiger partial charge in [0.2, 0.25) is 0 Å². The number of rotatable bonds is 4. The first-order chi connectivity index (χ1) is 13.1. The second kappa shape index (κ2) is 6.45. The number of halogens is 3. The Labute approximate surface area is 158 Å². The van der Waals surface area contributed by atoms with Crippen LogP contribution in [0.25, 0.3) is 10.9 Å². The van der Waals surface area contributed by atoms with E-state index in [0.717, 1.165) is 18.5 Å². The molecule has 1 aliphatic heterocycles. The Hall–Kier alpha value is -2.14. The van der Waals surface area contributed by atoms with Gasteiger partial charge in [-0.15, -0.1) is 0 Å². The number of hydrogen-bond donors (Lipinski definition) is 1. The molecule has 0 radical (unpaired) electrons. The molecular formula is C17H18F3N3O4S. The van der Waals surface area contributed by atoms with Gasteiger partial charge in [-0.3, -0.25) is 4.68 Å². The predicted octanol–water partition coefficient (Wildman–Crippen LogP) is 3.10. The molecule has 1 saturated carbocycles. The quantitative estimate of drug-likeness (QED) is 0.825. The van der Waals surface area contributed by atoms with Gasteiger partial charge in [0.05, 0.1) is 17.1 Å². The Morgan fingerprint density at radius 1 is 1.14 bits per heavy atom. The Bertz CT molecular complexity index is 1040. The van der Waals surface area contributed by atoms with Gasteiger partial charge in [-0.25, -0.2) is 13.2 Å². The molecule has 2 fully saturated rings. The molecule has 1 saturated heterocycles. The maximum absolute atomic E-state index is 12.8. The number of fused-ring (bicyclic) bond motifs is 1. The highest BCUT2D eigenvalue weighted by atomic mass is 32.2. The standard InChI is InChI=1S/C17H18F3N3O4S/c18-17(19,20)28(26,27)22-7-5-10(6-8-22)15-13-9-11(16(24)25)1-4-14(13)21-23(15)12-2-3-12/h1,4,9-10,12H,2-3,5-8H2,(H,24,25). The summed E-state index contributed by atoms with van der Waals surface area (Å²) in [7, 11) is -5.33. The van der Waals surface area contributed by atoms with E-state index in [1.54, 1.807) is 6.07 Å². The second-order valence-electron chi connectivity index (χ2n) is 7.22. The fourth-order valence-electron chi connectivity index (χ4n) is 3.78. The molecule has 1 aromatic carbocycles. The van der Waals surface area contributed by atoms with Gasteiger partial charge < -0.3 is 5.11 Å². The van der Waals surface area contributed by atoms with E-state index >= 15 is 0 Å². The van der Waals surface area contributed by atoms with Crippen molar-refractivity contribution in [3.8, 4) is 0 Å². The maximum Gasteiger partial charge on any atom is 0.511 e. The number of carbonyl (C=O) groups is 1. The van der Waals surface area contributed by atoms with Crippen molar-refractivity contribution in [3.05, 3.63) is 29.5 Å². The van der Waals surface area contributed by atoms with Crippen molar-refractivity contribution in [1.29, 1.82) is 0 Å². The average molecular weight is 417 g/mol. The molecule has 1 aliphatic carbocycles. The molecule has 28 heavy (non-hydrogen) atoms. The van der Waals surface area contributed by atoms with Crippen molar-refractivity contribution in [1.82, 2.24) is 14.1 Å². The smallest absolute Gasteiger partial charge is 0.478 e. The number of carboxylic acid groups (broad SMARTS) is 1. The van der Waals surface area contributed by atoms with Gasteiger partial charge in [0.25, 0.3) is 0 Å². The number of aromatic nitrogens is 2. The van der Waals surface area contributed by atoms with Crippen LogP contribution in [0.3, 0.4) is 0 Å². The summed E-state index contributed by atoms with van der Waals surface area (Å²) in [4.78, 5) is 11.3. The van der Waals surface area contributed by atoms with Crippen molar-refractivity contribution in [3.63, 3.8) is 0 Å². The van der Waals surface area contributed by atoms with Crippen LogP contribution in [0.1, 0.15) is 53.7 Å². The van der Waals surface area contributed by atoms with Crippen LogP contribution in [0.4, 0.5) is 13.2 Å². The van der Waals surface area contributed by atoms with Gasteiger partial charge in [0.1, 0.15) is 0 Å². The van der Waals surface area contributed by atoms with Gasteiger partial charge >= 0.3 is 21.5 Å². The molecular weight excluding hydrogens is 399 g/mol. The molecule has 11 heteroatoms. The molecule has 152 valence electrons. The minimum Gasteiger partial charge on any atom is -0.478 e. The molecule has 2 aromatic rings. The first-order valence-corrected chi connectivity index (χ1v) is 10.4. The third-order valence-corrected chi connectivity index (χ3v) is 6.98. The zero-order valence-corrected chi connectivity index (χ0v) is 15.5. The predicted molar refractivity (Wildman–Crippen MR) is 93.5 cm³/mol. The highest BCUT2D eigenvalue weighted by Gasteiger charge is 2.50. The van der Waals surface area contributed by atoms with Crippen LogP contribution in [0.15, 0.2) is 18.2 Å². The number of sulfonamides is 1. The van der Waals surface area contributed by atoms with Gasteiger partial charge in [-0.05, 0) is 43.9 Å². The van der Waals surface area contributed by atoms with E-state index in [1.807, 2.05) is 4.68 Å². The SMILES string of the molecule is O=C(O)c1ccc2nn(C3CC3)c(C3CCN(S(=O)(=O)C(F)(F)F)CC3)c2c1. The van der Waals surface area contributed by atoms with Gasteiger partial charge in [-0.1, -0.05) is 0 Å². The van der Waals surface area contributed by atoms with Crippen LogP contribution >= 0.6 is 0 Å². The van der Waals surface area contributed by atoms with Gasteiger partial charge in [0, 0.05) is 30.1 Å². The van der Waals surface area contributed by atoms with E-state index < -0.39 is 21.5 Å². The van der Waals surface area contributed by atoms with Crippen molar-refractivity contribution >= 4 is 26.9 Å². The highest BCUT2D eigenvalue weighted by molar-refractivity contribution is 7.90. The number of alkyl halides is 3. The summed E-state index contributed by atoms with van der Waals surface area (Å²) >= 11 is 0. The van der Waals surface area contributed by atoms with Crippen LogP contribution < -0.4 is 0 Å².